The Balaban J connectivity index is 2.06. The van der Waals surface area contributed by atoms with Crippen molar-refractivity contribution in [3.05, 3.63) is 47.5 Å². The van der Waals surface area contributed by atoms with Crippen molar-refractivity contribution in [2.75, 3.05) is 6.61 Å². The van der Waals surface area contributed by atoms with E-state index in [2.05, 4.69) is 15.4 Å². The quantitative estimate of drug-likeness (QED) is 0.821. The van der Waals surface area contributed by atoms with Crippen molar-refractivity contribution in [2.45, 2.75) is 26.4 Å². The Hall–Kier alpha value is -2.21. The Morgan fingerprint density at radius 2 is 2.29 bits per heavy atom. The smallest absolute Gasteiger partial charge is 0.341 e. The van der Waals surface area contributed by atoms with E-state index in [1.807, 2.05) is 32.2 Å². The van der Waals surface area contributed by atoms with Gasteiger partial charge in [0, 0.05) is 25.8 Å². The summed E-state index contributed by atoms with van der Waals surface area (Å²) in [4.78, 5) is 16.2. The van der Waals surface area contributed by atoms with Crippen LogP contribution in [0.5, 0.6) is 0 Å². The number of hydrogen-bond donors (Lipinski definition) is 1. The lowest BCUT2D eigenvalue weighted by Crippen LogP contribution is -2.22. The minimum absolute atomic E-state index is 0.0798. The van der Waals surface area contributed by atoms with Crippen LogP contribution in [0, 0.1) is 0 Å². The monoisotopic (exact) mass is 288 g/mol. The molecule has 0 aliphatic heterocycles. The Labute approximate surface area is 124 Å². The maximum Gasteiger partial charge on any atom is 0.341 e. The van der Waals surface area contributed by atoms with Gasteiger partial charge >= 0.3 is 5.97 Å². The zero-order valence-corrected chi connectivity index (χ0v) is 12.5. The van der Waals surface area contributed by atoms with Gasteiger partial charge in [-0.15, -0.1) is 0 Å². The molecule has 0 radical (unpaired) electrons. The number of esters is 1. The largest absolute Gasteiger partial charge is 0.462 e. The highest BCUT2D eigenvalue weighted by molar-refractivity contribution is 5.90. The molecule has 1 unspecified atom stereocenters. The molecule has 0 fully saturated rings. The van der Waals surface area contributed by atoms with Gasteiger partial charge in [0.05, 0.1) is 24.2 Å². The normalized spacial score (nSPS) is 12.1. The average molecular weight is 288 g/mol. The molecule has 21 heavy (non-hydrogen) atoms. The predicted molar refractivity (Wildman–Crippen MR) is 78.7 cm³/mol. The summed E-state index contributed by atoms with van der Waals surface area (Å²) in [5, 5.41) is 7.48. The van der Waals surface area contributed by atoms with E-state index in [4.69, 9.17) is 4.74 Å². The van der Waals surface area contributed by atoms with E-state index in [0.717, 1.165) is 11.4 Å². The van der Waals surface area contributed by atoms with Crippen LogP contribution >= 0.6 is 0 Å². The fourth-order valence-corrected chi connectivity index (χ4v) is 2.04. The van der Waals surface area contributed by atoms with Crippen molar-refractivity contribution in [3.63, 3.8) is 0 Å². The molecular weight excluding hydrogens is 268 g/mol. The molecule has 1 atom stereocenters. The molecule has 112 valence electrons. The molecule has 2 aromatic heterocycles. The van der Waals surface area contributed by atoms with Gasteiger partial charge in [-0.25, -0.2) is 4.79 Å². The highest BCUT2D eigenvalue weighted by Gasteiger charge is 2.17. The van der Waals surface area contributed by atoms with E-state index in [1.54, 1.807) is 24.0 Å². The molecule has 6 nitrogen and oxygen atoms in total. The number of carbonyl (C=O) groups excluding carboxylic acids is 1. The minimum Gasteiger partial charge on any atom is -0.462 e. The molecule has 2 heterocycles. The standard InChI is InChI=1S/C15H20N4O2/c1-4-21-15(20)12-9-18-19(3)14(12)10-17-11(2)13-7-5-6-8-16-13/h5-9,11,17H,4,10H2,1-3H3. The molecular formula is C15H20N4O2. The number of ether oxygens (including phenoxy) is 1. The molecule has 0 saturated carbocycles. The van der Waals surface area contributed by atoms with Crippen molar-refractivity contribution in [3.8, 4) is 0 Å². The summed E-state index contributed by atoms with van der Waals surface area (Å²) in [5.41, 5.74) is 2.26. The van der Waals surface area contributed by atoms with Crippen LogP contribution in [0.2, 0.25) is 0 Å². The summed E-state index contributed by atoms with van der Waals surface area (Å²) in [5.74, 6) is -0.340. The average Bonchev–Trinajstić information content (AvgIpc) is 2.87. The molecule has 0 amide bonds. The van der Waals surface area contributed by atoms with Gasteiger partial charge in [-0.3, -0.25) is 9.67 Å². The molecule has 2 rings (SSSR count). The summed E-state index contributed by atoms with van der Waals surface area (Å²) in [6.07, 6.45) is 3.31. The molecule has 1 N–H and O–H groups in total. The first-order chi connectivity index (χ1) is 10.1. The molecule has 0 spiro atoms. The van der Waals surface area contributed by atoms with E-state index in [-0.39, 0.29) is 12.0 Å². The fourth-order valence-electron chi connectivity index (χ4n) is 2.04. The Morgan fingerprint density at radius 1 is 1.48 bits per heavy atom. The van der Waals surface area contributed by atoms with Crippen molar-refractivity contribution in [1.29, 1.82) is 0 Å². The van der Waals surface area contributed by atoms with Gasteiger partial charge in [0.1, 0.15) is 5.56 Å². The van der Waals surface area contributed by atoms with Gasteiger partial charge in [-0.05, 0) is 26.0 Å². The van der Waals surface area contributed by atoms with Crippen molar-refractivity contribution >= 4 is 5.97 Å². The number of aryl methyl sites for hydroxylation is 1. The summed E-state index contributed by atoms with van der Waals surface area (Å²) >= 11 is 0. The van der Waals surface area contributed by atoms with Crippen LogP contribution in [0.1, 0.15) is 41.6 Å². The number of nitrogens with one attached hydrogen (secondary N) is 1. The summed E-state index contributed by atoms with van der Waals surface area (Å²) in [6.45, 7) is 4.69. The van der Waals surface area contributed by atoms with Crippen LogP contribution in [0.15, 0.2) is 30.6 Å². The fraction of sp³-hybridized carbons (Fsp3) is 0.400. The van der Waals surface area contributed by atoms with Gasteiger partial charge in [-0.2, -0.15) is 5.10 Å². The third-order valence-corrected chi connectivity index (χ3v) is 3.26. The van der Waals surface area contributed by atoms with Crippen molar-refractivity contribution in [2.24, 2.45) is 7.05 Å². The number of hydrogen-bond acceptors (Lipinski definition) is 5. The number of carbonyl (C=O) groups is 1. The van der Waals surface area contributed by atoms with E-state index in [0.29, 0.717) is 18.7 Å². The molecule has 0 aromatic carbocycles. The lowest BCUT2D eigenvalue weighted by Gasteiger charge is -2.14. The Kier molecular flexibility index (Phi) is 5.05. The third kappa shape index (κ3) is 3.66. The second-order valence-electron chi connectivity index (χ2n) is 4.71. The van der Waals surface area contributed by atoms with Gasteiger partial charge in [0.2, 0.25) is 0 Å². The third-order valence-electron chi connectivity index (χ3n) is 3.26. The lowest BCUT2D eigenvalue weighted by atomic mass is 10.2. The first-order valence-corrected chi connectivity index (χ1v) is 6.95. The number of nitrogens with zero attached hydrogens (tertiary/aromatic N) is 3. The van der Waals surface area contributed by atoms with Crippen LogP contribution in [-0.2, 0) is 18.3 Å². The first-order valence-electron chi connectivity index (χ1n) is 6.95. The van der Waals surface area contributed by atoms with Crippen LogP contribution < -0.4 is 5.32 Å². The molecule has 0 saturated heterocycles. The SMILES string of the molecule is CCOC(=O)c1cnn(C)c1CNC(C)c1ccccn1. The zero-order valence-electron chi connectivity index (χ0n) is 12.5. The minimum atomic E-state index is -0.340. The number of pyridine rings is 1. The summed E-state index contributed by atoms with van der Waals surface area (Å²) in [7, 11) is 1.81. The van der Waals surface area contributed by atoms with Crippen LogP contribution in [0.4, 0.5) is 0 Å². The summed E-state index contributed by atoms with van der Waals surface area (Å²) < 4.78 is 6.73. The highest BCUT2D eigenvalue weighted by Crippen LogP contribution is 2.13. The Morgan fingerprint density at radius 3 is 2.95 bits per heavy atom. The van der Waals surface area contributed by atoms with E-state index in [9.17, 15) is 4.79 Å². The Bertz CT molecular complexity index is 595. The second-order valence-corrected chi connectivity index (χ2v) is 4.71. The van der Waals surface area contributed by atoms with Crippen LogP contribution in [-0.4, -0.2) is 27.3 Å². The number of rotatable bonds is 6. The summed E-state index contributed by atoms with van der Waals surface area (Å²) in [6, 6.07) is 5.88. The van der Waals surface area contributed by atoms with Gasteiger partial charge in [-0.1, -0.05) is 6.07 Å². The maximum atomic E-state index is 11.9. The molecule has 2 aromatic rings. The van der Waals surface area contributed by atoms with Gasteiger partial charge in [0.25, 0.3) is 0 Å². The van der Waals surface area contributed by atoms with Gasteiger partial charge < -0.3 is 10.1 Å². The van der Waals surface area contributed by atoms with E-state index < -0.39 is 0 Å². The molecule has 6 heteroatoms. The van der Waals surface area contributed by atoms with Crippen molar-refractivity contribution in [1.82, 2.24) is 20.1 Å². The van der Waals surface area contributed by atoms with E-state index >= 15 is 0 Å². The number of aromatic nitrogens is 3. The second kappa shape index (κ2) is 6.99. The van der Waals surface area contributed by atoms with Crippen LogP contribution in [0.3, 0.4) is 0 Å². The molecule has 0 bridgehead atoms. The highest BCUT2D eigenvalue weighted by atomic mass is 16.5. The zero-order chi connectivity index (χ0) is 15.2. The topological polar surface area (TPSA) is 69.0 Å². The van der Waals surface area contributed by atoms with Crippen molar-refractivity contribution < 1.29 is 9.53 Å². The predicted octanol–water partition coefficient (Wildman–Crippen LogP) is 1.84. The molecule has 0 aliphatic rings. The molecule has 0 aliphatic carbocycles. The van der Waals surface area contributed by atoms with E-state index in [1.165, 1.54) is 0 Å². The lowest BCUT2D eigenvalue weighted by molar-refractivity contribution is 0.0524. The van der Waals surface area contributed by atoms with Gasteiger partial charge in [0.15, 0.2) is 0 Å². The maximum absolute atomic E-state index is 11.9. The first kappa shape index (κ1) is 15.2. The van der Waals surface area contributed by atoms with Crippen LogP contribution in [0.25, 0.3) is 0 Å².